The summed E-state index contributed by atoms with van der Waals surface area (Å²) in [5.41, 5.74) is 0. The third-order valence-corrected chi connectivity index (χ3v) is 4.61. The number of ether oxygens (including phenoxy) is 1. The molecule has 1 aromatic heterocycles. The van der Waals surface area contributed by atoms with Crippen molar-refractivity contribution in [2.45, 2.75) is 58.7 Å². The summed E-state index contributed by atoms with van der Waals surface area (Å²) < 4.78 is 6.11. The van der Waals surface area contributed by atoms with Crippen molar-refractivity contribution in [3.8, 4) is 0 Å². The van der Waals surface area contributed by atoms with E-state index in [2.05, 4.69) is 24.1 Å². The van der Waals surface area contributed by atoms with Crippen LogP contribution >= 0.6 is 11.3 Å². The molecule has 1 saturated carbocycles. The molecule has 2 atom stereocenters. The predicted octanol–water partition coefficient (Wildman–Crippen LogP) is 4.06. The van der Waals surface area contributed by atoms with Crippen molar-refractivity contribution < 1.29 is 4.74 Å². The molecule has 1 N–H and O–H groups in total. The minimum atomic E-state index is 0.466. The van der Waals surface area contributed by atoms with Crippen LogP contribution in [0.25, 0.3) is 0 Å². The molecule has 1 aromatic rings. The van der Waals surface area contributed by atoms with E-state index in [0.29, 0.717) is 6.10 Å². The zero-order chi connectivity index (χ0) is 12.8. The summed E-state index contributed by atoms with van der Waals surface area (Å²) in [5, 5.41) is 4.24. The van der Waals surface area contributed by atoms with Crippen molar-refractivity contribution in [2.75, 3.05) is 11.9 Å². The standard InChI is InChI=1S/C14H24N2OS/c1-3-11-7-5-6-8-13(11)17-10-12-9-16-14(18-12)15-4-2/h9,11,13H,3-8,10H2,1-2H3,(H,15,16). The molecule has 1 aliphatic carbocycles. The Labute approximate surface area is 114 Å². The zero-order valence-corrected chi connectivity index (χ0v) is 12.3. The first-order chi connectivity index (χ1) is 8.83. The van der Waals surface area contributed by atoms with Gasteiger partial charge in [0.2, 0.25) is 0 Å². The van der Waals surface area contributed by atoms with Crippen LogP contribution in [0.4, 0.5) is 5.13 Å². The molecule has 0 radical (unpaired) electrons. The van der Waals surface area contributed by atoms with Crippen LogP contribution < -0.4 is 5.32 Å². The van der Waals surface area contributed by atoms with Crippen LogP contribution in [0.15, 0.2) is 6.20 Å². The van der Waals surface area contributed by atoms with Crippen LogP contribution in [0.5, 0.6) is 0 Å². The summed E-state index contributed by atoms with van der Waals surface area (Å²) in [6, 6.07) is 0. The lowest BCUT2D eigenvalue weighted by Gasteiger charge is -2.30. The molecule has 4 heteroatoms. The maximum Gasteiger partial charge on any atom is 0.182 e. The van der Waals surface area contributed by atoms with Crippen LogP contribution in [0, 0.1) is 5.92 Å². The van der Waals surface area contributed by atoms with Crippen molar-refractivity contribution in [3.63, 3.8) is 0 Å². The molecule has 0 aromatic carbocycles. The smallest absolute Gasteiger partial charge is 0.182 e. The number of anilines is 1. The van der Waals surface area contributed by atoms with Gasteiger partial charge in [-0.15, -0.1) is 0 Å². The number of hydrogen-bond acceptors (Lipinski definition) is 4. The monoisotopic (exact) mass is 268 g/mol. The number of nitrogens with zero attached hydrogens (tertiary/aromatic N) is 1. The van der Waals surface area contributed by atoms with E-state index in [-0.39, 0.29) is 0 Å². The highest BCUT2D eigenvalue weighted by Crippen LogP contribution is 2.30. The second-order valence-electron chi connectivity index (χ2n) is 4.96. The molecule has 0 aliphatic heterocycles. The van der Waals surface area contributed by atoms with Gasteiger partial charge in [-0.3, -0.25) is 0 Å². The minimum Gasteiger partial charge on any atom is -0.372 e. The van der Waals surface area contributed by atoms with E-state index in [4.69, 9.17) is 4.74 Å². The van der Waals surface area contributed by atoms with Crippen LogP contribution in [0.1, 0.15) is 50.8 Å². The Balaban J connectivity index is 1.81. The van der Waals surface area contributed by atoms with E-state index in [9.17, 15) is 0 Å². The quantitative estimate of drug-likeness (QED) is 0.844. The van der Waals surface area contributed by atoms with E-state index < -0.39 is 0 Å². The number of hydrogen-bond donors (Lipinski definition) is 1. The fourth-order valence-electron chi connectivity index (χ4n) is 2.66. The maximum atomic E-state index is 6.11. The summed E-state index contributed by atoms with van der Waals surface area (Å²) in [5.74, 6) is 0.764. The summed E-state index contributed by atoms with van der Waals surface area (Å²) in [4.78, 5) is 5.56. The van der Waals surface area contributed by atoms with Gasteiger partial charge in [0.25, 0.3) is 0 Å². The first kappa shape index (κ1) is 13.8. The van der Waals surface area contributed by atoms with Gasteiger partial charge in [-0.25, -0.2) is 4.98 Å². The Kier molecular flexibility index (Phi) is 5.45. The highest BCUT2D eigenvalue weighted by molar-refractivity contribution is 7.15. The van der Waals surface area contributed by atoms with Gasteiger partial charge in [0.1, 0.15) is 0 Å². The van der Waals surface area contributed by atoms with Crippen molar-refractivity contribution in [1.82, 2.24) is 4.98 Å². The predicted molar refractivity (Wildman–Crippen MR) is 77.1 cm³/mol. The lowest BCUT2D eigenvalue weighted by molar-refractivity contribution is -0.0211. The van der Waals surface area contributed by atoms with E-state index in [0.717, 1.165) is 24.2 Å². The Bertz CT molecular complexity index is 353. The van der Waals surface area contributed by atoms with Crippen molar-refractivity contribution in [2.24, 2.45) is 5.92 Å². The summed E-state index contributed by atoms with van der Waals surface area (Å²) in [7, 11) is 0. The molecule has 1 aliphatic rings. The molecular formula is C14H24N2OS. The van der Waals surface area contributed by atoms with Gasteiger partial charge in [0, 0.05) is 12.7 Å². The summed E-state index contributed by atoms with van der Waals surface area (Å²) in [6.45, 7) is 6.02. The maximum absolute atomic E-state index is 6.11. The molecule has 0 saturated heterocycles. The van der Waals surface area contributed by atoms with Gasteiger partial charge in [0.05, 0.1) is 17.6 Å². The Morgan fingerprint density at radius 3 is 3.00 bits per heavy atom. The van der Waals surface area contributed by atoms with Crippen LogP contribution in [-0.4, -0.2) is 17.6 Å². The minimum absolute atomic E-state index is 0.466. The van der Waals surface area contributed by atoms with Crippen molar-refractivity contribution in [1.29, 1.82) is 0 Å². The molecule has 18 heavy (non-hydrogen) atoms. The van der Waals surface area contributed by atoms with E-state index in [1.54, 1.807) is 11.3 Å². The average molecular weight is 268 g/mol. The van der Waals surface area contributed by atoms with Crippen LogP contribution in [-0.2, 0) is 11.3 Å². The number of thiazole rings is 1. The third kappa shape index (κ3) is 3.69. The van der Waals surface area contributed by atoms with Gasteiger partial charge in [0.15, 0.2) is 5.13 Å². The molecule has 2 rings (SSSR count). The number of nitrogens with one attached hydrogen (secondary N) is 1. The second kappa shape index (κ2) is 7.10. The molecule has 3 nitrogen and oxygen atoms in total. The lowest BCUT2D eigenvalue weighted by Crippen LogP contribution is -2.26. The van der Waals surface area contributed by atoms with Gasteiger partial charge in [-0.2, -0.15) is 0 Å². The molecule has 2 unspecified atom stereocenters. The van der Waals surface area contributed by atoms with Gasteiger partial charge >= 0.3 is 0 Å². The SMILES string of the molecule is CCNc1ncc(COC2CCCCC2CC)s1. The first-order valence-electron chi connectivity index (χ1n) is 7.13. The molecule has 0 spiro atoms. The van der Waals surface area contributed by atoms with Gasteiger partial charge in [-0.1, -0.05) is 37.5 Å². The molecular weight excluding hydrogens is 244 g/mol. The highest BCUT2D eigenvalue weighted by atomic mass is 32.1. The third-order valence-electron chi connectivity index (χ3n) is 3.68. The first-order valence-corrected chi connectivity index (χ1v) is 7.95. The largest absolute Gasteiger partial charge is 0.372 e. The van der Waals surface area contributed by atoms with E-state index in [1.165, 1.54) is 37.0 Å². The molecule has 102 valence electrons. The van der Waals surface area contributed by atoms with Crippen LogP contribution in [0.2, 0.25) is 0 Å². The van der Waals surface area contributed by atoms with E-state index >= 15 is 0 Å². The highest BCUT2D eigenvalue weighted by Gasteiger charge is 2.24. The zero-order valence-electron chi connectivity index (χ0n) is 11.4. The molecule has 1 heterocycles. The topological polar surface area (TPSA) is 34.2 Å². The molecule has 0 amide bonds. The molecule has 1 fully saturated rings. The normalized spacial score (nSPS) is 24.1. The molecule has 0 bridgehead atoms. The average Bonchev–Trinajstić information content (AvgIpc) is 2.85. The Morgan fingerprint density at radius 1 is 1.39 bits per heavy atom. The van der Waals surface area contributed by atoms with Crippen molar-refractivity contribution >= 4 is 16.5 Å². The Hall–Kier alpha value is -0.610. The number of aromatic nitrogens is 1. The summed E-state index contributed by atoms with van der Waals surface area (Å²) in [6.07, 6.45) is 8.93. The van der Waals surface area contributed by atoms with E-state index in [1.807, 2.05) is 6.20 Å². The second-order valence-corrected chi connectivity index (χ2v) is 6.08. The lowest BCUT2D eigenvalue weighted by atomic mass is 9.85. The fraction of sp³-hybridized carbons (Fsp3) is 0.786. The number of rotatable bonds is 6. The fourth-order valence-corrected chi connectivity index (χ4v) is 3.46. The van der Waals surface area contributed by atoms with Crippen LogP contribution in [0.3, 0.4) is 0 Å². The summed E-state index contributed by atoms with van der Waals surface area (Å²) >= 11 is 1.71. The Morgan fingerprint density at radius 2 is 2.22 bits per heavy atom. The van der Waals surface area contributed by atoms with Gasteiger partial charge < -0.3 is 10.1 Å². The van der Waals surface area contributed by atoms with Crippen molar-refractivity contribution in [3.05, 3.63) is 11.1 Å². The van der Waals surface area contributed by atoms with Gasteiger partial charge in [-0.05, 0) is 25.7 Å².